The molecular weight excluding hydrogens is 343 g/mol. The molecule has 0 unspecified atom stereocenters. The van der Waals surface area contributed by atoms with Gasteiger partial charge in [-0.3, -0.25) is 0 Å². The average molecular weight is 351 g/mol. The van der Waals surface area contributed by atoms with Crippen molar-refractivity contribution in [2.24, 2.45) is 0 Å². The van der Waals surface area contributed by atoms with Crippen LogP contribution in [-0.2, 0) is 6.54 Å². The number of halogens is 5. The third-order valence-electron chi connectivity index (χ3n) is 2.48. The Morgan fingerprint density at radius 1 is 1.05 bits per heavy atom. The molecule has 6 heteroatoms. The molecule has 0 amide bonds. The second-order valence-corrected chi connectivity index (χ2v) is 5.10. The van der Waals surface area contributed by atoms with Crippen LogP contribution in [0, 0.1) is 17.5 Å². The largest absolute Gasteiger partial charge is 0.378 e. The van der Waals surface area contributed by atoms with Crippen LogP contribution in [0.3, 0.4) is 0 Å². The first-order chi connectivity index (χ1) is 8.97. The normalized spacial score (nSPS) is 10.6. The fourth-order valence-electron chi connectivity index (χ4n) is 1.56. The van der Waals surface area contributed by atoms with E-state index < -0.39 is 17.5 Å². The molecule has 0 bridgehead atoms. The van der Waals surface area contributed by atoms with E-state index in [4.69, 9.17) is 11.6 Å². The molecule has 0 atom stereocenters. The van der Waals surface area contributed by atoms with Crippen LogP contribution in [0.5, 0.6) is 0 Å². The summed E-state index contributed by atoms with van der Waals surface area (Å²) >= 11 is 8.92. The SMILES string of the molecule is Fc1ccc(CNc2c(F)cc(F)cc2Br)c(Cl)c1. The lowest BCUT2D eigenvalue weighted by Gasteiger charge is -2.11. The van der Waals surface area contributed by atoms with E-state index in [-0.39, 0.29) is 21.7 Å². The van der Waals surface area contributed by atoms with E-state index in [9.17, 15) is 13.2 Å². The van der Waals surface area contributed by atoms with Gasteiger partial charge in [0.25, 0.3) is 0 Å². The molecule has 1 N–H and O–H groups in total. The second-order valence-electron chi connectivity index (χ2n) is 3.83. The summed E-state index contributed by atoms with van der Waals surface area (Å²) in [6.45, 7) is 0.195. The van der Waals surface area contributed by atoms with Crippen molar-refractivity contribution in [3.05, 3.63) is 62.8 Å². The van der Waals surface area contributed by atoms with E-state index in [0.29, 0.717) is 5.56 Å². The van der Waals surface area contributed by atoms with Crippen molar-refractivity contribution in [3.8, 4) is 0 Å². The molecule has 2 aromatic rings. The standard InChI is InChI=1S/C13H8BrClF3N/c14-10-3-9(17)5-12(18)13(10)19-6-7-1-2-8(16)4-11(7)15/h1-5,19H,6H2. The first-order valence-electron chi connectivity index (χ1n) is 5.29. The summed E-state index contributed by atoms with van der Waals surface area (Å²) in [6, 6.07) is 5.87. The summed E-state index contributed by atoms with van der Waals surface area (Å²) in [6.07, 6.45) is 0. The van der Waals surface area contributed by atoms with Crippen molar-refractivity contribution in [2.45, 2.75) is 6.54 Å². The Morgan fingerprint density at radius 2 is 1.79 bits per heavy atom. The molecular formula is C13H8BrClF3N. The summed E-state index contributed by atoms with van der Waals surface area (Å²) in [4.78, 5) is 0. The zero-order valence-corrected chi connectivity index (χ0v) is 11.8. The van der Waals surface area contributed by atoms with Gasteiger partial charge in [-0.15, -0.1) is 0 Å². The van der Waals surface area contributed by atoms with Crippen molar-refractivity contribution in [3.63, 3.8) is 0 Å². The Balaban J connectivity index is 2.19. The number of hydrogen-bond acceptors (Lipinski definition) is 1. The molecule has 0 saturated carbocycles. The quantitative estimate of drug-likeness (QED) is 0.809. The molecule has 0 saturated heterocycles. The van der Waals surface area contributed by atoms with Crippen LogP contribution in [0.4, 0.5) is 18.9 Å². The third-order valence-corrected chi connectivity index (χ3v) is 3.45. The number of benzene rings is 2. The lowest BCUT2D eigenvalue weighted by Crippen LogP contribution is -2.03. The van der Waals surface area contributed by atoms with Gasteiger partial charge in [0, 0.05) is 22.1 Å². The summed E-state index contributed by atoms with van der Waals surface area (Å²) in [5.74, 6) is -1.83. The topological polar surface area (TPSA) is 12.0 Å². The van der Waals surface area contributed by atoms with Gasteiger partial charge in [-0.1, -0.05) is 17.7 Å². The van der Waals surface area contributed by atoms with Crippen LogP contribution in [0.15, 0.2) is 34.8 Å². The molecule has 0 aliphatic rings. The Kier molecular flexibility index (Phi) is 4.37. The number of hydrogen-bond donors (Lipinski definition) is 1. The molecule has 0 spiro atoms. The molecule has 0 radical (unpaired) electrons. The average Bonchev–Trinajstić information content (AvgIpc) is 2.30. The van der Waals surface area contributed by atoms with E-state index in [1.807, 2.05) is 0 Å². The van der Waals surface area contributed by atoms with Crippen LogP contribution in [-0.4, -0.2) is 0 Å². The zero-order valence-electron chi connectivity index (χ0n) is 9.48. The lowest BCUT2D eigenvalue weighted by atomic mass is 10.2. The molecule has 19 heavy (non-hydrogen) atoms. The van der Waals surface area contributed by atoms with Crippen molar-refractivity contribution >= 4 is 33.2 Å². The Morgan fingerprint density at radius 3 is 2.42 bits per heavy atom. The minimum atomic E-state index is -0.717. The van der Waals surface area contributed by atoms with Crippen LogP contribution in [0.2, 0.25) is 5.02 Å². The maximum atomic E-state index is 13.6. The van der Waals surface area contributed by atoms with Gasteiger partial charge < -0.3 is 5.32 Å². The summed E-state index contributed by atoms with van der Waals surface area (Å²) in [5, 5.41) is 3.03. The first kappa shape index (κ1) is 14.2. The van der Waals surface area contributed by atoms with E-state index in [1.54, 1.807) is 0 Å². The molecule has 2 aromatic carbocycles. The minimum Gasteiger partial charge on any atom is -0.378 e. The van der Waals surface area contributed by atoms with Crippen molar-refractivity contribution in [2.75, 3.05) is 5.32 Å². The zero-order chi connectivity index (χ0) is 14.0. The molecule has 0 fully saturated rings. The van der Waals surface area contributed by atoms with Gasteiger partial charge in [0.2, 0.25) is 0 Å². The third kappa shape index (κ3) is 3.42. The smallest absolute Gasteiger partial charge is 0.150 e. The van der Waals surface area contributed by atoms with E-state index in [0.717, 1.165) is 12.1 Å². The highest BCUT2D eigenvalue weighted by molar-refractivity contribution is 9.10. The highest BCUT2D eigenvalue weighted by Gasteiger charge is 2.10. The van der Waals surface area contributed by atoms with Gasteiger partial charge >= 0.3 is 0 Å². The van der Waals surface area contributed by atoms with Crippen molar-refractivity contribution < 1.29 is 13.2 Å². The summed E-state index contributed by atoms with van der Waals surface area (Å²) in [7, 11) is 0. The number of nitrogens with one attached hydrogen (secondary N) is 1. The Bertz CT molecular complexity index is 596. The molecule has 0 aliphatic heterocycles. The van der Waals surface area contributed by atoms with Gasteiger partial charge in [-0.05, 0) is 39.7 Å². The molecule has 0 aromatic heterocycles. The summed E-state index contributed by atoms with van der Waals surface area (Å²) < 4.78 is 39.6. The molecule has 1 nitrogen and oxygen atoms in total. The number of rotatable bonds is 3. The fraction of sp³-hybridized carbons (Fsp3) is 0.0769. The maximum Gasteiger partial charge on any atom is 0.150 e. The molecule has 0 aliphatic carbocycles. The van der Waals surface area contributed by atoms with Crippen molar-refractivity contribution in [1.82, 2.24) is 0 Å². The lowest BCUT2D eigenvalue weighted by molar-refractivity contribution is 0.583. The van der Waals surface area contributed by atoms with Crippen LogP contribution >= 0.6 is 27.5 Å². The van der Waals surface area contributed by atoms with Gasteiger partial charge in [0.05, 0.1) is 5.69 Å². The predicted molar refractivity (Wildman–Crippen MR) is 72.8 cm³/mol. The Labute approximate surface area is 121 Å². The van der Waals surface area contributed by atoms with Gasteiger partial charge in [-0.25, -0.2) is 13.2 Å². The van der Waals surface area contributed by atoms with Crippen LogP contribution in [0.25, 0.3) is 0 Å². The van der Waals surface area contributed by atoms with Gasteiger partial charge in [0.15, 0.2) is 0 Å². The van der Waals surface area contributed by atoms with Crippen LogP contribution < -0.4 is 5.32 Å². The van der Waals surface area contributed by atoms with E-state index in [1.165, 1.54) is 18.2 Å². The molecule has 100 valence electrons. The van der Waals surface area contributed by atoms with Gasteiger partial charge in [0.1, 0.15) is 17.5 Å². The molecule has 2 rings (SSSR count). The predicted octanol–water partition coefficient (Wildman–Crippen LogP) is 5.13. The fourth-order valence-corrected chi connectivity index (χ4v) is 2.34. The molecule has 0 heterocycles. The van der Waals surface area contributed by atoms with Gasteiger partial charge in [-0.2, -0.15) is 0 Å². The monoisotopic (exact) mass is 349 g/mol. The number of anilines is 1. The summed E-state index contributed by atoms with van der Waals surface area (Å²) in [5.41, 5.74) is 0.737. The van der Waals surface area contributed by atoms with E-state index in [2.05, 4.69) is 21.2 Å². The minimum absolute atomic E-state index is 0.127. The van der Waals surface area contributed by atoms with Crippen molar-refractivity contribution in [1.29, 1.82) is 0 Å². The second kappa shape index (κ2) is 5.84. The van der Waals surface area contributed by atoms with E-state index >= 15 is 0 Å². The maximum absolute atomic E-state index is 13.6. The first-order valence-corrected chi connectivity index (χ1v) is 6.47. The van der Waals surface area contributed by atoms with Crippen LogP contribution in [0.1, 0.15) is 5.56 Å². The highest BCUT2D eigenvalue weighted by atomic mass is 79.9. The highest BCUT2D eigenvalue weighted by Crippen LogP contribution is 2.28. The Hall–Kier alpha value is -1.20.